The molecule has 0 saturated heterocycles. The van der Waals surface area contributed by atoms with Crippen LogP contribution in [-0.2, 0) is 9.53 Å². The van der Waals surface area contributed by atoms with Crippen molar-refractivity contribution in [3.05, 3.63) is 0 Å². The number of carbonyl (C=O) groups excluding carboxylic acids is 1. The van der Waals surface area contributed by atoms with E-state index in [0.717, 1.165) is 0 Å². The second-order valence-electron chi connectivity index (χ2n) is 2.02. The lowest BCUT2D eigenvalue weighted by Crippen LogP contribution is -2.16. The highest BCUT2D eigenvalue weighted by Gasteiger charge is 2.04. The standard InChI is InChI=1S/C6H12O3/c1-5(7)3-6(8)4-9-2/h6,8H,3-4H2,1-2H3. The first-order valence-electron chi connectivity index (χ1n) is 2.83. The van der Waals surface area contributed by atoms with E-state index in [4.69, 9.17) is 5.11 Å². The Bertz CT molecular complexity index is 90.3. The summed E-state index contributed by atoms with van der Waals surface area (Å²) in [5.74, 6) is -0.0143. The number of aliphatic hydroxyl groups excluding tert-OH is 1. The molecule has 0 aromatic carbocycles. The molecule has 1 N–H and O–H groups in total. The normalized spacial score (nSPS) is 13.2. The van der Waals surface area contributed by atoms with Gasteiger partial charge in [0.05, 0.1) is 12.7 Å². The van der Waals surface area contributed by atoms with Crippen LogP contribution in [0.3, 0.4) is 0 Å². The van der Waals surface area contributed by atoms with Crippen molar-refractivity contribution < 1.29 is 14.6 Å². The van der Waals surface area contributed by atoms with Gasteiger partial charge in [-0.25, -0.2) is 0 Å². The zero-order valence-electron chi connectivity index (χ0n) is 5.76. The van der Waals surface area contributed by atoms with Crippen molar-refractivity contribution in [3.63, 3.8) is 0 Å². The minimum Gasteiger partial charge on any atom is -0.390 e. The van der Waals surface area contributed by atoms with Crippen molar-refractivity contribution >= 4 is 5.78 Å². The lowest BCUT2D eigenvalue weighted by molar-refractivity contribution is -0.119. The van der Waals surface area contributed by atoms with Crippen LogP contribution in [0, 0.1) is 0 Å². The van der Waals surface area contributed by atoms with Gasteiger partial charge in [-0.05, 0) is 6.92 Å². The Labute approximate surface area is 54.6 Å². The monoisotopic (exact) mass is 132 g/mol. The molecule has 0 amide bonds. The summed E-state index contributed by atoms with van der Waals surface area (Å²) in [6.07, 6.45) is -0.444. The van der Waals surface area contributed by atoms with Crippen molar-refractivity contribution in [1.29, 1.82) is 0 Å². The number of ketones is 1. The Kier molecular flexibility index (Phi) is 4.26. The van der Waals surface area contributed by atoms with Crippen LogP contribution in [0.15, 0.2) is 0 Å². The first-order valence-corrected chi connectivity index (χ1v) is 2.83. The quantitative estimate of drug-likeness (QED) is 0.584. The molecule has 0 aliphatic heterocycles. The fourth-order valence-corrected chi connectivity index (χ4v) is 0.583. The smallest absolute Gasteiger partial charge is 0.132 e. The highest BCUT2D eigenvalue weighted by molar-refractivity contribution is 5.75. The number of Topliss-reactive ketones (excluding diaryl/α,β-unsaturated/α-hetero) is 1. The summed E-state index contributed by atoms with van der Waals surface area (Å²) in [5.41, 5.74) is 0. The van der Waals surface area contributed by atoms with Crippen molar-refractivity contribution in [2.45, 2.75) is 19.4 Å². The van der Waals surface area contributed by atoms with Gasteiger partial charge in [0, 0.05) is 13.5 Å². The third kappa shape index (κ3) is 5.46. The van der Waals surface area contributed by atoms with Gasteiger partial charge in [-0.1, -0.05) is 0 Å². The van der Waals surface area contributed by atoms with E-state index in [1.165, 1.54) is 14.0 Å². The van der Waals surface area contributed by atoms with Crippen LogP contribution in [0.1, 0.15) is 13.3 Å². The van der Waals surface area contributed by atoms with Gasteiger partial charge in [-0.2, -0.15) is 0 Å². The highest BCUT2D eigenvalue weighted by atomic mass is 16.5. The van der Waals surface area contributed by atoms with Gasteiger partial charge in [-0.3, -0.25) is 4.79 Å². The van der Waals surface area contributed by atoms with Crippen LogP contribution in [0.5, 0.6) is 0 Å². The van der Waals surface area contributed by atoms with Crippen molar-refractivity contribution in [2.24, 2.45) is 0 Å². The van der Waals surface area contributed by atoms with Gasteiger partial charge in [0.15, 0.2) is 0 Å². The largest absolute Gasteiger partial charge is 0.390 e. The first-order chi connectivity index (χ1) is 4.16. The maximum absolute atomic E-state index is 10.3. The maximum atomic E-state index is 10.3. The average Bonchev–Trinajstić information content (AvgIpc) is 1.63. The van der Waals surface area contributed by atoms with Gasteiger partial charge in [0.25, 0.3) is 0 Å². The van der Waals surface area contributed by atoms with Gasteiger partial charge in [0.1, 0.15) is 5.78 Å². The molecule has 0 heterocycles. The molecule has 0 aromatic heterocycles. The third-order valence-corrected chi connectivity index (χ3v) is 0.882. The number of ether oxygens (including phenoxy) is 1. The molecule has 54 valence electrons. The number of aliphatic hydroxyl groups is 1. The average molecular weight is 132 g/mol. The molecule has 0 bridgehead atoms. The van der Waals surface area contributed by atoms with Crippen molar-refractivity contribution in [1.82, 2.24) is 0 Å². The van der Waals surface area contributed by atoms with E-state index in [1.807, 2.05) is 0 Å². The molecule has 0 aliphatic carbocycles. The molecular formula is C6H12O3. The molecule has 0 saturated carbocycles. The van der Waals surface area contributed by atoms with Crippen LogP contribution in [0.2, 0.25) is 0 Å². The summed E-state index contributed by atoms with van der Waals surface area (Å²) in [6.45, 7) is 1.68. The number of hydrogen-bond donors (Lipinski definition) is 1. The molecule has 3 heteroatoms. The van der Waals surface area contributed by atoms with Gasteiger partial charge in [0.2, 0.25) is 0 Å². The van der Waals surface area contributed by atoms with E-state index in [-0.39, 0.29) is 18.8 Å². The lowest BCUT2D eigenvalue weighted by atomic mass is 10.2. The molecule has 0 spiro atoms. The van der Waals surface area contributed by atoms with Crippen LogP contribution < -0.4 is 0 Å². The maximum Gasteiger partial charge on any atom is 0.132 e. The van der Waals surface area contributed by atoms with Gasteiger partial charge < -0.3 is 9.84 Å². The molecule has 9 heavy (non-hydrogen) atoms. The number of rotatable bonds is 4. The molecule has 1 atom stereocenters. The Balaban J connectivity index is 3.26. The predicted molar refractivity (Wildman–Crippen MR) is 33.2 cm³/mol. The molecule has 3 nitrogen and oxygen atoms in total. The van der Waals surface area contributed by atoms with E-state index in [1.54, 1.807) is 0 Å². The van der Waals surface area contributed by atoms with E-state index < -0.39 is 6.10 Å². The zero-order chi connectivity index (χ0) is 7.28. The van der Waals surface area contributed by atoms with E-state index in [0.29, 0.717) is 0 Å². The number of carbonyl (C=O) groups is 1. The summed E-state index contributed by atoms with van der Waals surface area (Å²) >= 11 is 0. The molecule has 0 aromatic rings. The molecule has 0 rings (SSSR count). The SMILES string of the molecule is COCC(O)CC(C)=O. The molecule has 0 aliphatic rings. The summed E-state index contributed by atoms with van der Waals surface area (Å²) in [6, 6.07) is 0. The van der Waals surface area contributed by atoms with E-state index in [2.05, 4.69) is 4.74 Å². The van der Waals surface area contributed by atoms with Crippen molar-refractivity contribution in [2.75, 3.05) is 13.7 Å². The van der Waals surface area contributed by atoms with Crippen LogP contribution in [0.25, 0.3) is 0 Å². The Morgan fingerprint density at radius 3 is 2.67 bits per heavy atom. The van der Waals surface area contributed by atoms with Crippen LogP contribution in [-0.4, -0.2) is 30.7 Å². The Morgan fingerprint density at radius 1 is 1.78 bits per heavy atom. The minimum atomic E-state index is -0.632. The molecular weight excluding hydrogens is 120 g/mol. The van der Waals surface area contributed by atoms with E-state index in [9.17, 15) is 4.79 Å². The van der Waals surface area contributed by atoms with Gasteiger partial charge in [-0.15, -0.1) is 0 Å². The fraction of sp³-hybridized carbons (Fsp3) is 0.833. The van der Waals surface area contributed by atoms with Crippen molar-refractivity contribution in [3.8, 4) is 0 Å². The highest BCUT2D eigenvalue weighted by Crippen LogP contribution is 1.91. The first kappa shape index (κ1) is 8.59. The summed E-state index contributed by atoms with van der Waals surface area (Å²) in [5, 5.41) is 8.87. The Hall–Kier alpha value is -0.410. The zero-order valence-corrected chi connectivity index (χ0v) is 5.76. The Morgan fingerprint density at radius 2 is 2.33 bits per heavy atom. The fourth-order valence-electron chi connectivity index (χ4n) is 0.583. The van der Waals surface area contributed by atoms with Crippen LogP contribution in [0.4, 0.5) is 0 Å². The summed E-state index contributed by atoms with van der Waals surface area (Å²) in [4.78, 5) is 10.3. The molecule has 0 fully saturated rings. The summed E-state index contributed by atoms with van der Waals surface area (Å²) < 4.78 is 4.60. The topological polar surface area (TPSA) is 46.5 Å². The van der Waals surface area contributed by atoms with Gasteiger partial charge >= 0.3 is 0 Å². The summed E-state index contributed by atoms with van der Waals surface area (Å²) in [7, 11) is 1.49. The molecule has 1 unspecified atom stereocenters. The number of methoxy groups -OCH3 is 1. The third-order valence-electron chi connectivity index (χ3n) is 0.882. The number of hydrogen-bond acceptors (Lipinski definition) is 3. The molecule has 0 radical (unpaired) electrons. The predicted octanol–water partition coefficient (Wildman–Crippen LogP) is -0.0272. The lowest BCUT2D eigenvalue weighted by Gasteiger charge is -2.04. The van der Waals surface area contributed by atoms with E-state index >= 15 is 0 Å². The minimum absolute atomic E-state index is 0.0143. The van der Waals surface area contributed by atoms with Crippen LogP contribution >= 0.6 is 0 Å². The second-order valence-corrected chi connectivity index (χ2v) is 2.02. The second kappa shape index (κ2) is 4.47.